The summed E-state index contributed by atoms with van der Waals surface area (Å²) < 4.78 is 0. The zero-order valence-electron chi connectivity index (χ0n) is 19.6. The van der Waals surface area contributed by atoms with Gasteiger partial charge < -0.3 is 10.4 Å². The largest absolute Gasteiger partial charge is 0.412 e. The molecule has 2 unspecified atom stereocenters. The second kappa shape index (κ2) is 11.5. The summed E-state index contributed by atoms with van der Waals surface area (Å²) in [6, 6.07) is 29.8. The molecule has 3 aromatic carbocycles. The van der Waals surface area contributed by atoms with Crippen LogP contribution in [0.4, 0.5) is 0 Å². The molecular formula is C29H33ClN2O2. The Balaban J connectivity index is 0.00000162. The molecule has 0 saturated carbocycles. The number of hydrogen-bond acceptors (Lipinski definition) is 2. The zero-order chi connectivity index (χ0) is 21.9. The molecule has 5 heteroatoms. The van der Waals surface area contributed by atoms with Crippen molar-refractivity contribution in [1.29, 1.82) is 0 Å². The van der Waals surface area contributed by atoms with Crippen molar-refractivity contribution < 1.29 is 10.3 Å². The van der Waals surface area contributed by atoms with Crippen LogP contribution >= 0.6 is 12.4 Å². The van der Waals surface area contributed by atoms with Crippen molar-refractivity contribution in [2.75, 3.05) is 13.6 Å². The van der Waals surface area contributed by atoms with E-state index in [2.05, 4.69) is 66.6 Å². The maximum Gasteiger partial charge on any atom is 0.258 e. The first-order chi connectivity index (χ1) is 15.7. The quantitative estimate of drug-likeness (QED) is 0.479. The Kier molecular flexibility index (Phi) is 8.67. The summed E-state index contributed by atoms with van der Waals surface area (Å²) in [6.45, 7) is 0.707. The summed E-state index contributed by atoms with van der Waals surface area (Å²) in [5.41, 5.74) is 5.52. The fourth-order valence-electron chi connectivity index (χ4n) is 5.07. The fraction of sp³-hybridized carbons (Fsp3) is 0.276. The van der Waals surface area contributed by atoms with Crippen LogP contribution in [0, 0.1) is 0 Å². The van der Waals surface area contributed by atoms with E-state index in [1.165, 1.54) is 29.7 Å². The van der Waals surface area contributed by atoms with Gasteiger partial charge in [0.05, 0.1) is 0 Å². The molecule has 178 valence electrons. The van der Waals surface area contributed by atoms with Gasteiger partial charge in [-0.3, -0.25) is 9.69 Å². The summed E-state index contributed by atoms with van der Waals surface area (Å²) in [5.74, 6) is 0.107. The molecule has 1 fully saturated rings. The third-order valence-electron chi connectivity index (χ3n) is 7.02. The lowest BCUT2D eigenvalue weighted by molar-refractivity contribution is 0.0787. The van der Waals surface area contributed by atoms with Gasteiger partial charge in [0.1, 0.15) is 0 Å². The van der Waals surface area contributed by atoms with E-state index in [-0.39, 0.29) is 23.8 Å². The van der Waals surface area contributed by atoms with E-state index in [0.717, 1.165) is 24.0 Å². The van der Waals surface area contributed by atoms with Crippen molar-refractivity contribution in [3.05, 3.63) is 108 Å². The van der Waals surface area contributed by atoms with E-state index in [0.29, 0.717) is 18.6 Å². The Bertz CT molecular complexity index is 1100. The molecule has 4 nitrogen and oxygen atoms in total. The van der Waals surface area contributed by atoms with E-state index in [1.54, 1.807) is 0 Å². The normalized spacial score (nSPS) is 18.9. The Morgan fingerprint density at radius 3 is 2.15 bits per heavy atom. The van der Waals surface area contributed by atoms with Gasteiger partial charge in [-0.1, -0.05) is 72.8 Å². The lowest BCUT2D eigenvalue weighted by Gasteiger charge is -2.35. The molecule has 2 aliphatic heterocycles. The zero-order valence-corrected chi connectivity index (χ0v) is 20.4. The van der Waals surface area contributed by atoms with Crippen molar-refractivity contribution in [2.24, 2.45) is 0 Å². The molecule has 0 spiro atoms. The standard InChI is InChI=1S/C29H30N2O.ClH.H2O/c1-30-26-16-17-27(30)21-28(20-26)31(19-18-22-8-4-2-5-9-22)29(32)25-14-12-24(13-15-25)23-10-6-3-7-11-23;;/h2-15,20,26-27H,16-19,21H2,1H3;1H;1H2. The van der Waals surface area contributed by atoms with Crippen LogP contribution in [0.2, 0.25) is 0 Å². The number of fused-ring (bicyclic) bond motifs is 2. The maximum atomic E-state index is 13.7. The Morgan fingerprint density at radius 1 is 0.882 bits per heavy atom. The third-order valence-corrected chi connectivity index (χ3v) is 7.02. The molecule has 1 amide bonds. The number of nitrogens with zero attached hydrogens (tertiary/aromatic N) is 2. The first-order valence-corrected chi connectivity index (χ1v) is 11.6. The minimum Gasteiger partial charge on any atom is -0.412 e. The van der Waals surface area contributed by atoms with Gasteiger partial charge >= 0.3 is 0 Å². The molecule has 2 atom stereocenters. The smallest absolute Gasteiger partial charge is 0.258 e. The summed E-state index contributed by atoms with van der Waals surface area (Å²) in [4.78, 5) is 18.2. The number of halogens is 1. The predicted molar refractivity (Wildman–Crippen MR) is 141 cm³/mol. The van der Waals surface area contributed by atoms with E-state index in [9.17, 15) is 4.79 Å². The molecular weight excluding hydrogens is 444 g/mol. The lowest BCUT2D eigenvalue weighted by Crippen LogP contribution is -2.41. The molecule has 0 aliphatic carbocycles. The van der Waals surface area contributed by atoms with E-state index < -0.39 is 0 Å². The van der Waals surface area contributed by atoms with Gasteiger partial charge in [-0.15, -0.1) is 12.4 Å². The van der Waals surface area contributed by atoms with Gasteiger partial charge in [-0.2, -0.15) is 0 Å². The monoisotopic (exact) mass is 476 g/mol. The molecule has 2 bridgehead atoms. The summed E-state index contributed by atoms with van der Waals surface area (Å²) in [5, 5.41) is 0. The number of hydrogen-bond donors (Lipinski definition) is 0. The molecule has 34 heavy (non-hydrogen) atoms. The lowest BCUT2D eigenvalue weighted by atomic mass is 10.0. The Hall–Kier alpha value is -2.92. The number of benzene rings is 3. The summed E-state index contributed by atoms with van der Waals surface area (Å²) >= 11 is 0. The van der Waals surface area contributed by atoms with Gasteiger partial charge in [-0.25, -0.2) is 0 Å². The SMILES string of the molecule is CN1C2C=C(N(CCc3ccccc3)C(=O)c3ccc(-c4ccccc4)cc3)CC1CC2.Cl.O. The molecule has 0 aromatic heterocycles. The first kappa shape index (κ1) is 25.7. The Morgan fingerprint density at radius 2 is 1.50 bits per heavy atom. The second-order valence-corrected chi connectivity index (χ2v) is 8.96. The topological polar surface area (TPSA) is 55.0 Å². The molecule has 2 N–H and O–H groups in total. The molecule has 5 rings (SSSR count). The molecule has 1 saturated heterocycles. The average molecular weight is 477 g/mol. The van der Waals surface area contributed by atoms with E-state index in [4.69, 9.17) is 0 Å². The number of likely N-dealkylation sites (N-methyl/N-ethyl adjacent to an activating group) is 1. The van der Waals surface area contributed by atoms with Crippen LogP contribution in [0.5, 0.6) is 0 Å². The van der Waals surface area contributed by atoms with Crippen molar-refractivity contribution >= 4 is 18.3 Å². The number of rotatable bonds is 6. The van der Waals surface area contributed by atoms with Gasteiger partial charge in [-0.05, 0) is 61.2 Å². The second-order valence-electron chi connectivity index (χ2n) is 8.96. The first-order valence-electron chi connectivity index (χ1n) is 11.6. The van der Waals surface area contributed by atoms with E-state index in [1.807, 2.05) is 41.3 Å². The highest BCUT2D eigenvalue weighted by Gasteiger charge is 2.36. The van der Waals surface area contributed by atoms with Crippen LogP contribution in [0.1, 0.15) is 35.2 Å². The van der Waals surface area contributed by atoms with E-state index >= 15 is 0 Å². The molecule has 0 radical (unpaired) electrons. The van der Waals surface area contributed by atoms with Crippen molar-refractivity contribution in [3.63, 3.8) is 0 Å². The van der Waals surface area contributed by atoms with Gasteiger partial charge in [0.25, 0.3) is 5.91 Å². The fourth-order valence-corrected chi connectivity index (χ4v) is 5.07. The van der Waals surface area contributed by atoms with Crippen LogP contribution in [0.25, 0.3) is 11.1 Å². The molecule has 3 aromatic rings. The minimum atomic E-state index is 0. The molecule has 2 heterocycles. The van der Waals surface area contributed by atoms with Crippen LogP contribution in [0.3, 0.4) is 0 Å². The number of carbonyl (C=O) groups is 1. The third kappa shape index (κ3) is 5.41. The van der Waals surface area contributed by atoms with Crippen LogP contribution in [0.15, 0.2) is 96.7 Å². The minimum absolute atomic E-state index is 0. The van der Waals surface area contributed by atoms with Crippen molar-refractivity contribution in [1.82, 2.24) is 9.80 Å². The van der Waals surface area contributed by atoms with Gasteiger partial charge in [0, 0.05) is 36.3 Å². The van der Waals surface area contributed by atoms with Gasteiger partial charge in [0.2, 0.25) is 0 Å². The van der Waals surface area contributed by atoms with Gasteiger partial charge in [0.15, 0.2) is 0 Å². The maximum absolute atomic E-state index is 13.7. The van der Waals surface area contributed by atoms with Crippen LogP contribution in [-0.4, -0.2) is 46.9 Å². The highest BCUT2D eigenvalue weighted by atomic mass is 35.5. The molecule has 2 aliphatic rings. The van der Waals surface area contributed by atoms with Crippen molar-refractivity contribution in [2.45, 2.75) is 37.8 Å². The Labute approximate surface area is 208 Å². The predicted octanol–water partition coefficient (Wildman–Crippen LogP) is 5.39. The number of carbonyl (C=O) groups excluding carboxylic acids is 1. The van der Waals surface area contributed by atoms with Crippen LogP contribution in [-0.2, 0) is 6.42 Å². The highest BCUT2D eigenvalue weighted by molar-refractivity contribution is 5.96. The summed E-state index contributed by atoms with van der Waals surface area (Å²) in [6.07, 6.45) is 6.56. The van der Waals surface area contributed by atoms with Crippen LogP contribution < -0.4 is 0 Å². The average Bonchev–Trinajstić information content (AvgIpc) is 3.05. The summed E-state index contributed by atoms with van der Waals surface area (Å²) in [7, 11) is 2.22. The highest BCUT2D eigenvalue weighted by Crippen LogP contribution is 2.35. The number of amides is 1. The van der Waals surface area contributed by atoms with Crippen molar-refractivity contribution in [3.8, 4) is 11.1 Å².